The fraction of sp³-hybridized carbons (Fsp3) is 0.353. The van der Waals surface area contributed by atoms with Crippen molar-refractivity contribution in [3.05, 3.63) is 41.7 Å². The van der Waals surface area contributed by atoms with Crippen LogP contribution in [0.25, 0.3) is 11.3 Å². The number of aryl methyl sites for hydroxylation is 1. The van der Waals surface area contributed by atoms with Crippen LogP contribution in [0.1, 0.15) is 35.7 Å². The molecule has 0 atom stereocenters. The number of carbonyl (C=O) groups is 1. The molecule has 4 nitrogen and oxygen atoms in total. The van der Waals surface area contributed by atoms with E-state index in [-0.39, 0.29) is 0 Å². The number of hydrogen-bond acceptors (Lipinski definition) is 3. The molecule has 0 aliphatic rings. The minimum Gasteiger partial charge on any atom is -0.478 e. The second-order valence-corrected chi connectivity index (χ2v) is 5.24. The second kappa shape index (κ2) is 6.48. The molecule has 21 heavy (non-hydrogen) atoms. The highest BCUT2D eigenvalue weighted by atomic mass is 16.4. The summed E-state index contributed by atoms with van der Waals surface area (Å²) in [6.07, 6.45) is 3.79. The van der Waals surface area contributed by atoms with Gasteiger partial charge in [0.15, 0.2) is 0 Å². The Kier molecular flexibility index (Phi) is 4.68. The van der Waals surface area contributed by atoms with Crippen LogP contribution >= 0.6 is 0 Å². The fourth-order valence-corrected chi connectivity index (χ4v) is 2.45. The van der Waals surface area contributed by atoms with Gasteiger partial charge in [-0.3, -0.25) is 0 Å². The lowest BCUT2D eigenvalue weighted by molar-refractivity contribution is 0.0697. The van der Waals surface area contributed by atoms with Gasteiger partial charge in [-0.15, -0.1) is 0 Å². The summed E-state index contributed by atoms with van der Waals surface area (Å²) in [4.78, 5) is 13.4. The highest BCUT2D eigenvalue weighted by Crippen LogP contribution is 2.35. The molecule has 0 fully saturated rings. The van der Waals surface area contributed by atoms with Crippen LogP contribution in [0.3, 0.4) is 0 Å². The molecule has 2 aromatic rings. The van der Waals surface area contributed by atoms with Gasteiger partial charge in [-0.1, -0.05) is 13.3 Å². The van der Waals surface area contributed by atoms with Gasteiger partial charge in [0.2, 0.25) is 0 Å². The van der Waals surface area contributed by atoms with Crippen molar-refractivity contribution in [1.82, 2.24) is 0 Å². The lowest BCUT2D eigenvalue weighted by Gasteiger charge is -2.23. The Labute approximate surface area is 125 Å². The van der Waals surface area contributed by atoms with E-state index in [1.54, 1.807) is 18.4 Å². The molecule has 1 aromatic carbocycles. The second-order valence-electron chi connectivity index (χ2n) is 5.24. The fourth-order valence-electron chi connectivity index (χ4n) is 2.45. The number of unbranched alkanes of at least 4 members (excludes halogenated alkanes) is 1. The minimum absolute atomic E-state index is 0.307. The van der Waals surface area contributed by atoms with E-state index in [1.807, 2.05) is 26.1 Å². The smallest absolute Gasteiger partial charge is 0.335 e. The molecule has 0 saturated heterocycles. The average molecular weight is 287 g/mol. The van der Waals surface area contributed by atoms with Gasteiger partial charge in [0.1, 0.15) is 5.76 Å². The van der Waals surface area contributed by atoms with Crippen LogP contribution in [0.2, 0.25) is 0 Å². The Bertz CT molecular complexity index is 617. The molecule has 4 heteroatoms. The molecule has 2 rings (SSSR count). The average Bonchev–Trinajstić information content (AvgIpc) is 2.97. The van der Waals surface area contributed by atoms with E-state index in [2.05, 4.69) is 11.8 Å². The first-order chi connectivity index (χ1) is 10.0. The van der Waals surface area contributed by atoms with Gasteiger partial charge >= 0.3 is 5.97 Å². The summed E-state index contributed by atoms with van der Waals surface area (Å²) in [6, 6.07) is 7.16. The molecule has 1 N–H and O–H groups in total. The van der Waals surface area contributed by atoms with Crippen molar-refractivity contribution in [3.8, 4) is 11.3 Å². The van der Waals surface area contributed by atoms with Crippen molar-refractivity contribution in [2.75, 3.05) is 18.5 Å². The number of carboxylic acid groups (broad SMARTS) is 1. The van der Waals surface area contributed by atoms with Crippen molar-refractivity contribution in [2.45, 2.75) is 26.7 Å². The summed E-state index contributed by atoms with van der Waals surface area (Å²) in [7, 11) is 1.99. The van der Waals surface area contributed by atoms with Crippen LogP contribution in [-0.4, -0.2) is 24.7 Å². The van der Waals surface area contributed by atoms with E-state index in [0.717, 1.165) is 42.0 Å². The lowest BCUT2D eigenvalue weighted by atomic mass is 9.99. The molecule has 112 valence electrons. The monoisotopic (exact) mass is 287 g/mol. The predicted octanol–water partition coefficient (Wildman–Crippen LogP) is 4.19. The van der Waals surface area contributed by atoms with Gasteiger partial charge < -0.3 is 14.4 Å². The third-order valence-corrected chi connectivity index (χ3v) is 3.59. The summed E-state index contributed by atoms with van der Waals surface area (Å²) in [6.45, 7) is 4.94. The largest absolute Gasteiger partial charge is 0.478 e. The molecule has 0 aliphatic heterocycles. The van der Waals surface area contributed by atoms with E-state index >= 15 is 0 Å². The van der Waals surface area contributed by atoms with Gasteiger partial charge in [-0.25, -0.2) is 4.79 Å². The minimum atomic E-state index is -0.908. The third kappa shape index (κ3) is 3.27. The molecule has 0 aliphatic carbocycles. The van der Waals surface area contributed by atoms with Crippen LogP contribution in [0.4, 0.5) is 5.69 Å². The predicted molar refractivity (Wildman–Crippen MR) is 84.0 cm³/mol. The summed E-state index contributed by atoms with van der Waals surface area (Å²) in [5, 5.41) is 9.27. The van der Waals surface area contributed by atoms with E-state index in [9.17, 15) is 9.90 Å². The molecular weight excluding hydrogens is 266 g/mol. The van der Waals surface area contributed by atoms with E-state index in [4.69, 9.17) is 4.42 Å². The maximum absolute atomic E-state index is 11.3. The molecule has 0 amide bonds. The number of furan rings is 1. The first-order valence-electron chi connectivity index (χ1n) is 7.17. The van der Waals surface area contributed by atoms with Crippen molar-refractivity contribution < 1.29 is 14.3 Å². The standard InChI is InChI=1S/C17H21NO3/c1-4-5-8-18(3)14-11-13(17(19)20)10-12(2)16(14)15-7-6-9-21-15/h6-7,9-11H,4-5,8H2,1-3H3,(H,19,20). The van der Waals surface area contributed by atoms with Gasteiger partial charge in [0.25, 0.3) is 0 Å². The van der Waals surface area contributed by atoms with Crippen LogP contribution in [-0.2, 0) is 0 Å². The molecule has 0 unspecified atom stereocenters. The molecule has 0 bridgehead atoms. The number of anilines is 1. The number of rotatable bonds is 6. The van der Waals surface area contributed by atoms with E-state index in [1.165, 1.54) is 0 Å². The first kappa shape index (κ1) is 15.2. The quantitative estimate of drug-likeness (QED) is 0.865. The number of hydrogen-bond donors (Lipinski definition) is 1. The third-order valence-electron chi connectivity index (χ3n) is 3.59. The summed E-state index contributed by atoms with van der Waals surface area (Å²) in [5.74, 6) is -0.142. The lowest BCUT2D eigenvalue weighted by Crippen LogP contribution is -2.20. The molecular formula is C17H21NO3. The molecule has 0 saturated carbocycles. The molecule has 1 aromatic heterocycles. The number of nitrogens with zero attached hydrogens (tertiary/aromatic N) is 1. The maximum atomic E-state index is 11.3. The zero-order valence-electron chi connectivity index (χ0n) is 12.7. The SMILES string of the molecule is CCCCN(C)c1cc(C(=O)O)cc(C)c1-c1ccco1. The van der Waals surface area contributed by atoms with Gasteiger partial charge in [-0.05, 0) is 43.2 Å². The summed E-state index contributed by atoms with van der Waals surface area (Å²) >= 11 is 0. The Morgan fingerprint density at radius 1 is 1.38 bits per heavy atom. The summed E-state index contributed by atoms with van der Waals surface area (Å²) < 4.78 is 5.52. The Morgan fingerprint density at radius 2 is 2.14 bits per heavy atom. The topological polar surface area (TPSA) is 53.7 Å². The zero-order valence-corrected chi connectivity index (χ0v) is 12.7. The highest BCUT2D eigenvalue weighted by Gasteiger charge is 2.17. The molecule has 0 radical (unpaired) electrons. The molecule has 0 spiro atoms. The van der Waals surface area contributed by atoms with Gasteiger partial charge in [0, 0.05) is 24.8 Å². The number of aromatic carboxylic acids is 1. The Morgan fingerprint density at radius 3 is 2.71 bits per heavy atom. The number of benzene rings is 1. The van der Waals surface area contributed by atoms with Crippen LogP contribution < -0.4 is 4.90 Å². The Hall–Kier alpha value is -2.23. The van der Waals surface area contributed by atoms with Crippen LogP contribution in [0, 0.1) is 6.92 Å². The van der Waals surface area contributed by atoms with E-state index < -0.39 is 5.97 Å². The van der Waals surface area contributed by atoms with Gasteiger partial charge in [-0.2, -0.15) is 0 Å². The first-order valence-corrected chi connectivity index (χ1v) is 7.17. The zero-order chi connectivity index (χ0) is 15.4. The normalized spacial score (nSPS) is 10.6. The van der Waals surface area contributed by atoms with Gasteiger partial charge in [0.05, 0.1) is 11.8 Å². The van der Waals surface area contributed by atoms with Crippen molar-refractivity contribution >= 4 is 11.7 Å². The molecule has 1 heterocycles. The highest BCUT2D eigenvalue weighted by molar-refractivity contribution is 5.92. The van der Waals surface area contributed by atoms with E-state index in [0.29, 0.717) is 5.56 Å². The van der Waals surface area contributed by atoms with Crippen molar-refractivity contribution in [1.29, 1.82) is 0 Å². The summed E-state index contributed by atoms with van der Waals surface area (Å²) in [5.41, 5.74) is 3.07. The van der Waals surface area contributed by atoms with Crippen LogP contribution in [0.15, 0.2) is 34.9 Å². The van der Waals surface area contributed by atoms with Crippen molar-refractivity contribution in [3.63, 3.8) is 0 Å². The number of carboxylic acids is 1. The Balaban J connectivity index is 2.54. The van der Waals surface area contributed by atoms with Crippen molar-refractivity contribution in [2.24, 2.45) is 0 Å². The maximum Gasteiger partial charge on any atom is 0.335 e. The van der Waals surface area contributed by atoms with Crippen LogP contribution in [0.5, 0.6) is 0 Å².